The largest absolute Gasteiger partial charge is 0.872 e. The van der Waals surface area contributed by atoms with Crippen molar-refractivity contribution >= 4 is 17.7 Å². The van der Waals surface area contributed by atoms with Gasteiger partial charge in [0.05, 0.1) is 12.2 Å². The quantitative estimate of drug-likeness (QED) is 0.894. The summed E-state index contributed by atoms with van der Waals surface area (Å²) in [4.78, 5) is 11.6. The molecule has 2 heterocycles. The number of hydrogen-bond donors (Lipinski definition) is 2. The molecule has 2 bridgehead atoms. The summed E-state index contributed by atoms with van der Waals surface area (Å²) in [6, 6.07) is 14.2. The minimum atomic E-state index is -1.18. The molecule has 0 fully saturated rings. The first kappa shape index (κ1) is 19.0. The van der Waals surface area contributed by atoms with E-state index in [1.165, 1.54) is 40.5 Å². The first-order chi connectivity index (χ1) is 11.1. The Labute approximate surface area is 140 Å². The number of carboxylic acids is 1. The zero-order valence-electron chi connectivity index (χ0n) is 12.9. The van der Waals surface area contributed by atoms with Crippen LogP contribution in [-0.2, 0) is 10.5 Å². The third kappa shape index (κ3) is 7.19. The Hall–Kier alpha value is -2.02. The van der Waals surface area contributed by atoms with Gasteiger partial charge in [0.2, 0.25) is 0 Å². The molecule has 0 amide bonds. The van der Waals surface area contributed by atoms with E-state index < -0.39 is 11.7 Å². The second kappa shape index (κ2) is 10.7. The molecular formula is C17H20NO4S-. The Balaban J connectivity index is 0.000000183. The number of hydrogen-bond acceptors (Lipinski definition) is 5. The van der Waals surface area contributed by atoms with Gasteiger partial charge < -0.3 is 20.7 Å². The Morgan fingerprint density at radius 3 is 2.13 bits per heavy atom. The molecule has 2 aliphatic heterocycles. The number of carbonyl (C=O) groups is 1. The highest BCUT2D eigenvalue weighted by Crippen LogP contribution is 2.28. The number of carboxylic acid groups (broad SMARTS) is 1. The lowest BCUT2D eigenvalue weighted by molar-refractivity contribution is -0.268. The molecule has 23 heavy (non-hydrogen) atoms. The van der Waals surface area contributed by atoms with Crippen molar-refractivity contribution in [2.24, 2.45) is 5.73 Å². The standard InChI is InChI=1S/C7H6O3.C7H6S.C3H9NO/c8-6-4-2-1-3-5(6)7(9)10;1-3-7-4-2-6(1)5-8-7;1-5-3-2-4/h1-4,8H,(H,9,10);1-4H,5H2;2-4H2,1H3/p-1. The number of thioether (sulfide) groups is 1. The van der Waals surface area contributed by atoms with E-state index in [1.54, 1.807) is 7.11 Å². The van der Waals surface area contributed by atoms with Crippen molar-refractivity contribution in [2.75, 3.05) is 20.3 Å². The SMILES string of the molecule is COCCN.O=C(O)c1ccccc1[O-].c1cc2ccc1CS2. The number of benzene rings is 2. The Morgan fingerprint density at radius 1 is 1.26 bits per heavy atom. The second-order valence-electron chi connectivity index (χ2n) is 4.52. The summed E-state index contributed by atoms with van der Waals surface area (Å²) >= 11 is 1.92. The van der Waals surface area contributed by atoms with Crippen molar-refractivity contribution in [3.05, 3.63) is 59.7 Å². The van der Waals surface area contributed by atoms with E-state index in [0.29, 0.717) is 13.2 Å². The van der Waals surface area contributed by atoms with E-state index in [-0.39, 0.29) is 5.56 Å². The van der Waals surface area contributed by atoms with Crippen LogP contribution in [0.2, 0.25) is 0 Å². The van der Waals surface area contributed by atoms with Crippen molar-refractivity contribution in [1.82, 2.24) is 0 Å². The molecule has 2 aromatic rings. The molecule has 0 saturated heterocycles. The number of rotatable bonds is 3. The van der Waals surface area contributed by atoms with Gasteiger partial charge in [-0.25, -0.2) is 4.79 Å². The van der Waals surface area contributed by atoms with Crippen LogP contribution in [0.4, 0.5) is 0 Å². The lowest BCUT2D eigenvalue weighted by atomic mass is 10.2. The molecular weight excluding hydrogens is 314 g/mol. The topological polar surface area (TPSA) is 95.6 Å². The minimum Gasteiger partial charge on any atom is -0.872 e. The highest BCUT2D eigenvalue weighted by Gasteiger charge is 2.01. The van der Waals surface area contributed by atoms with Crippen LogP contribution in [-0.4, -0.2) is 31.3 Å². The van der Waals surface area contributed by atoms with Crippen LogP contribution in [0, 0.1) is 0 Å². The average Bonchev–Trinajstić information content (AvgIpc) is 2.59. The first-order valence-electron chi connectivity index (χ1n) is 6.98. The summed E-state index contributed by atoms with van der Waals surface area (Å²) in [5.41, 5.74) is 6.28. The maximum absolute atomic E-state index is 10.7. The smallest absolute Gasteiger partial charge is 0.335 e. The molecule has 0 radical (unpaired) electrons. The van der Waals surface area contributed by atoms with Gasteiger partial charge in [-0.05, 0) is 23.8 Å². The molecule has 124 valence electrons. The predicted molar refractivity (Wildman–Crippen MR) is 89.8 cm³/mol. The molecule has 0 atom stereocenters. The third-order valence-corrected chi connectivity index (χ3v) is 3.85. The predicted octanol–water partition coefficient (Wildman–Crippen LogP) is 2.34. The third-order valence-electron chi connectivity index (χ3n) is 2.77. The van der Waals surface area contributed by atoms with Gasteiger partial charge in [-0.15, -0.1) is 11.8 Å². The van der Waals surface area contributed by atoms with Gasteiger partial charge >= 0.3 is 5.97 Å². The van der Waals surface area contributed by atoms with Crippen molar-refractivity contribution in [2.45, 2.75) is 10.6 Å². The summed E-state index contributed by atoms with van der Waals surface area (Å²) in [6.45, 7) is 1.29. The monoisotopic (exact) mass is 334 g/mol. The van der Waals surface area contributed by atoms with E-state index in [1.807, 2.05) is 11.8 Å². The number of aromatic carboxylic acids is 1. The fourth-order valence-electron chi connectivity index (χ4n) is 1.61. The van der Waals surface area contributed by atoms with Gasteiger partial charge in [-0.1, -0.05) is 36.1 Å². The van der Waals surface area contributed by atoms with Gasteiger partial charge in [0.1, 0.15) is 0 Å². The fraction of sp³-hybridized carbons (Fsp3) is 0.235. The maximum Gasteiger partial charge on any atom is 0.335 e. The first-order valence-corrected chi connectivity index (χ1v) is 7.97. The molecule has 6 heteroatoms. The average molecular weight is 334 g/mol. The second-order valence-corrected chi connectivity index (χ2v) is 5.56. The van der Waals surface area contributed by atoms with E-state index in [4.69, 9.17) is 10.8 Å². The molecule has 2 aliphatic rings. The van der Waals surface area contributed by atoms with Crippen molar-refractivity contribution < 1.29 is 19.7 Å². The van der Waals surface area contributed by atoms with Crippen molar-refractivity contribution in [3.63, 3.8) is 0 Å². The lowest BCUT2D eigenvalue weighted by Gasteiger charge is -2.08. The highest BCUT2D eigenvalue weighted by atomic mass is 32.2. The van der Waals surface area contributed by atoms with Gasteiger partial charge in [-0.2, -0.15) is 0 Å². The van der Waals surface area contributed by atoms with Gasteiger partial charge in [0.25, 0.3) is 0 Å². The highest BCUT2D eigenvalue weighted by molar-refractivity contribution is 7.98. The fourth-order valence-corrected chi connectivity index (χ4v) is 2.46. The minimum absolute atomic E-state index is 0.178. The number of para-hydroxylation sites is 1. The molecule has 4 rings (SSSR count). The van der Waals surface area contributed by atoms with Crippen molar-refractivity contribution in [3.8, 4) is 5.75 Å². The molecule has 3 N–H and O–H groups in total. The maximum atomic E-state index is 10.7. The summed E-state index contributed by atoms with van der Waals surface area (Å²) < 4.78 is 4.57. The van der Waals surface area contributed by atoms with E-state index in [2.05, 4.69) is 29.0 Å². The van der Waals surface area contributed by atoms with Crippen LogP contribution in [0.1, 0.15) is 15.9 Å². The van der Waals surface area contributed by atoms with Gasteiger partial charge in [0, 0.05) is 24.3 Å². The molecule has 0 saturated carbocycles. The van der Waals surface area contributed by atoms with Gasteiger partial charge in [0.15, 0.2) is 0 Å². The van der Waals surface area contributed by atoms with Crippen LogP contribution in [0.5, 0.6) is 5.75 Å². The normalized spacial score (nSPS) is 10.9. The summed E-state index contributed by atoms with van der Waals surface area (Å²) in [7, 11) is 1.63. The number of ether oxygens (including phenoxy) is 1. The van der Waals surface area contributed by atoms with Crippen LogP contribution < -0.4 is 10.8 Å². The summed E-state index contributed by atoms with van der Waals surface area (Å²) in [6.07, 6.45) is 0. The number of nitrogens with two attached hydrogens (primary N) is 1. The summed E-state index contributed by atoms with van der Waals surface area (Å²) in [5, 5.41) is 19.0. The van der Waals surface area contributed by atoms with Crippen LogP contribution in [0.15, 0.2) is 53.4 Å². The zero-order chi connectivity index (χ0) is 17.1. The molecule has 5 nitrogen and oxygen atoms in total. The number of methoxy groups -OCH3 is 1. The van der Waals surface area contributed by atoms with E-state index >= 15 is 0 Å². The molecule has 0 unspecified atom stereocenters. The zero-order valence-corrected chi connectivity index (χ0v) is 13.7. The molecule has 0 spiro atoms. The Kier molecular flexibility index (Phi) is 8.82. The van der Waals surface area contributed by atoms with Crippen molar-refractivity contribution in [1.29, 1.82) is 0 Å². The van der Waals surface area contributed by atoms with Gasteiger partial charge in [-0.3, -0.25) is 0 Å². The Bertz CT molecular complexity index is 577. The van der Waals surface area contributed by atoms with E-state index in [0.717, 1.165) is 0 Å². The Morgan fingerprint density at radius 2 is 1.91 bits per heavy atom. The molecule has 0 aromatic heterocycles. The summed E-state index contributed by atoms with van der Waals surface area (Å²) in [5.74, 6) is -0.442. The van der Waals surface area contributed by atoms with E-state index in [9.17, 15) is 9.90 Å². The number of fused-ring (bicyclic) bond motifs is 3. The van der Waals surface area contributed by atoms with Crippen LogP contribution >= 0.6 is 11.8 Å². The van der Waals surface area contributed by atoms with Crippen LogP contribution in [0.25, 0.3) is 0 Å². The van der Waals surface area contributed by atoms with Crippen LogP contribution in [0.3, 0.4) is 0 Å². The molecule has 2 aromatic carbocycles. The lowest BCUT2D eigenvalue weighted by Crippen LogP contribution is -2.05. The molecule has 0 aliphatic carbocycles.